The predicted molar refractivity (Wildman–Crippen MR) is 77.1 cm³/mol. The molecule has 1 aromatic rings. The van der Waals surface area contributed by atoms with Crippen LogP contribution < -0.4 is 5.32 Å². The zero-order valence-corrected chi connectivity index (χ0v) is 11.9. The van der Waals surface area contributed by atoms with Crippen LogP contribution in [0.3, 0.4) is 0 Å². The molecule has 0 radical (unpaired) electrons. The van der Waals surface area contributed by atoms with Crippen molar-refractivity contribution in [3.8, 4) is 0 Å². The van der Waals surface area contributed by atoms with Crippen LogP contribution in [0, 0.1) is 0 Å². The van der Waals surface area contributed by atoms with Crippen molar-refractivity contribution < 1.29 is 4.74 Å². The van der Waals surface area contributed by atoms with Gasteiger partial charge in [-0.15, -0.1) is 0 Å². The number of fused-ring (bicyclic) bond motifs is 1. The normalized spacial score (nSPS) is 30.8. The smallest absolute Gasteiger partial charge is 0.0753 e. The Bertz CT molecular complexity index is 418. The first-order chi connectivity index (χ1) is 9.12. The van der Waals surface area contributed by atoms with Crippen molar-refractivity contribution in [1.29, 1.82) is 0 Å². The van der Waals surface area contributed by atoms with E-state index in [0.717, 1.165) is 32.7 Å². The fourth-order valence-electron chi connectivity index (χ4n) is 3.18. The molecule has 3 heteroatoms. The van der Waals surface area contributed by atoms with Crippen molar-refractivity contribution in [3.63, 3.8) is 0 Å². The number of benzene rings is 1. The topological polar surface area (TPSA) is 24.5 Å². The summed E-state index contributed by atoms with van der Waals surface area (Å²) in [4.78, 5) is 2.54. The van der Waals surface area contributed by atoms with E-state index >= 15 is 0 Å². The van der Waals surface area contributed by atoms with E-state index in [-0.39, 0.29) is 5.54 Å². The third-order valence-corrected chi connectivity index (χ3v) is 4.12. The number of hydrogen-bond acceptors (Lipinski definition) is 3. The van der Waals surface area contributed by atoms with Gasteiger partial charge in [0, 0.05) is 31.2 Å². The van der Waals surface area contributed by atoms with Crippen molar-refractivity contribution in [2.24, 2.45) is 0 Å². The Morgan fingerprint density at radius 1 is 1.32 bits per heavy atom. The van der Waals surface area contributed by atoms with Gasteiger partial charge in [0.2, 0.25) is 0 Å². The summed E-state index contributed by atoms with van der Waals surface area (Å²) in [5.74, 6) is 0. The van der Waals surface area contributed by atoms with Gasteiger partial charge in [0.1, 0.15) is 0 Å². The fraction of sp³-hybridized carbons (Fsp3) is 0.625. The van der Waals surface area contributed by atoms with Crippen LogP contribution in [0.5, 0.6) is 0 Å². The van der Waals surface area contributed by atoms with Crippen molar-refractivity contribution >= 4 is 0 Å². The second-order valence-electron chi connectivity index (χ2n) is 6.49. The highest BCUT2D eigenvalue weighted by atomic mass is 16.5. The molecule has 2 atom stereocenters. The Kier molecular flexibility index (Phi) is 3.61. The van der Waals surface area contributed by atoms with Crippen LogP contribution in [0.1, 0.15) is 25.8 Å². The molecule has 19 heavy (non-hydrogen) atoms. The minimum absolute atomic E-state index is 0.108. The SMILES string of the molecule is CC1(C)COC2CCN(Cc3ccccc3)CC2N1. The molecule has 1 aromatic carbocycles. The molecular weight excluding hydrogens is 236 g/mol. The summed E-state index contributed by atoms with van der Waals surface area (Å²) < 4.78 is 6.01. The first kappa shape index (κ1) is 13.1. The molecule has 2 aliphatic heterocycles. The van der Waals surface area contributed by atoms with Gasteiger partial charge in [-0.25, -0.2) is 0 Å². The Morgan fingerprint density at radius 3 is 2.89 bits per heavy atom. The van der Waals surface area contributed by atoms with Gasteiger partial charge in [0.05, 0.1) is 12.7 Å². The molecule has 0 amide bonds. The van der Waals surface area contributed by atoms with Crippen molar-refractivity contribution in [1.82, 2.24) is 10.2 Å². The van der Waals surface area contributed by atoms with E-state index < -0.39 is 0 Å². The van der Waals surface area contributed by atoms with Gasteiger partial charge < -0.3 is 10.1 Å². The maximum absolute atomic E-state index is 6.01. The van der Waals surface area contributed by atoms with Crippen LogP contribution in [0.4, 0.5) is 0 Å². The summed E-state index contributed by atoms with van der Waals surface area (Å²) in [5, 5.41) is 3.74. The van der Waals surface area contributed by atoms with Crippen molar-refractivity contribution in [3.05, 3.63) is 35.9 Å². The lowest BCUT2D eigenvalue weighted by molar-refractivity contribution is -0.0832. The molecular formula is C16H24N2O. The number of rotatable bonds is 2. The molecule has 0 aromatic heterocycles. The monoisotopic (exact) mass is 260 g/mol. The Labute approximate surface area is 115 Å². The summed E-state index contributed by atoms with van der Waals surface area (Å²) >= 11 is 0. The average molecular weight is 260 g/mol. The number of likely N-dealkylation sites (tertiary alicyclic amines) is 1. The predicted octanol–water partition coefficient (Wildman–Crippen LogP) is 2.03. The quantitative estimate of drug-likeness (QED) is 0.880. The van der Waals surface area contributed by atoms with E-state index in [0.29, 0.717) is 12.1 Å². The van der Waals surface area contributed by atoms with E-state index in [1.165, 1.54) is 5.56 Å². The molecule has 2 aliphatic rings. The number of nitrogens with zero attached hydrogens (tertiary/aromatic N) is 1. The molecule has 0 bridgehead atoms. The average Bonchev–Trinajstić information content (AvgIpc) is 2.38. The van der Waals surface area contributed by atoms with E-state index in [1.54, 1.807) is 0 Å². The largest absolute Gasteiger partial charge is 0.375 e. The number of nitrogens with one attached hydrogen (secondary N) is 1. The standard InChI is InChI=1S/C16H24N2O/c1-16(2)12-19-15-8-9-18(11-14(15)17-16)10-13-6-4-3-5-7-13/h3-7,14-15,17H,8-12H2,1-2H3. The number of piperidine rings is 1. The zero-order valence-electron chi connectivity index (χ0n) is 11.9. The van der Waals surface area contributed by atoms with Crippen LogP contribution in [0.25, 0.3) is 0 Å². The molecule has 1 N–H and O–H groups in total. The number of morpholine rings is 1. The third-order valence-electron chi connectivity index (χ3n) is 4.12. The van der Waals surface area contributed by atoms with Crippen molar-refractivity contribution in [2.75, 3.05) is 19.7 Å². The molecule has 0 spiro atoms. The maximum Gasteiger partial charge on any atom is 0.0753 e. The van der Waals surface area contributed by atoms with Gasteiger partial charge in [0.25, 0.3) is 0 Å². The summed E-state index contributed by atoms with van der Waals surface area (Å²) in [6.45, 7) is 8.54. The molecule has 0 aliphatic carbocycles. The highest BCUT2D eigenvalue weighted by Gasteiger charge is 2.38. The van der Waals surface area contributed by atoms with Gasteiger partial charge in [0.15, 0.2) is 0 Å². The van der Waals surface area contributed by atoms with Gasteiger partial charge >= 0.3 is 0 Å². The van der Waals surface area contributed by atoms with Crippen LogP contribution >= 0.6 is 0 Å². The molecule has 2 unspecified atom stereocenters. The molecule has 2 heterocycles. The summed E-state index contributed by atoms with van der Waals surface area (Å²) in [7, 11) is 0. The fourth-order valence-corrected chi connectivity index (χ4v) is 3.18. The van der Waals surface area contributed by atoms with Gasteiger partial charge in [-0.1, -0.05) is 30.3 Å². The van der Waals surface area contributed by atoms with E-state index in [9.17, 15) is 0 Å². The van der Waals surface area contributed by atoms with E-state index in [1.807, 2.05) is 0 Å². The third kappa shape index (κ3) is 3.16. The first-order valence-corrected chi connectivity index (χ1v) is 7.28. The summed E-state index contributed by atoms with van der Waals surface area (Å²) in [6.07, 6.45) is 1.54. The number of hydrogen-bond donors (Lipinski definition) is 1. The second kappa shape index (κ2) is 5.23. The van der Waals surface area contributed by atoms with Gasteiger partial charge in [-0.3, -0.25) is 4.90 Å². The van der Waals surface area contributed by atoms with Crippen LogP contribution in [-0.4, -0.2) is 42.3 Å². The summed E-state index contributed by atoms with van der Waals surface area (Å²) in [6, 6.07) is 11.2. The molecule has 104 valence electrons. The molecule has 2 saturated heterocycles. The van der Waals surface area contributed by atoms with Crippen LogP contribution in [-0.2, 0) is 11.3 Å². The van der Waals surface area contributed by atoms with E-state index in [4.69, 9.17) is 4.74 Å². The lowest BCUT2D eigenvalue weighted by Gasteiger charge is -2.47. The Morgan fingerprint density at radius 2 is 2.11 bits per heavy atom. The molecule has 3 nitrogen and oxygen atoms in total. The maximum atomic E-state index is 6.01. The first-order valence-electron chi connectivity index (χ1n) is 7.28. The van der Waals surface area contributed by atoms with Gasteiger partial charge in [-0.2, -0.15) is 0 Å². The van der Waals surface area contributed by atoms with Crippen LogP contribution in [0.2, 0.25) is 0 Å². The molecule has 3 rings (SSSR count). The minimum Gasteiger partial charge on any atom is -0.375 e. The van der Waals surface area contributed by atoms with Crippen LogP contribution in [0.15, 0.2) is 30.3 Å². The lowest BCUT2D eigenvalue weighted by atomic mass is 9.94. The summed E-state index contributed by atoms with van der Waals surface area (Å²) in [5.41, 5.74) is 1.51. The zero-order chi connectivity index (χ0) is 13.3. The molecule has 0 saturated carbocycles. The Balaban J connectivity index is 1.61. The molecule has 2 fully saturated rings. The lowest BCUT2D eigenvalue weighted by Crippen LogP contribution is -2.65. The van der Waals surface area contributed by atoms with Crippen molar-refractivity contribution in [2.45, 2.75) is 44.5 Å². The highest BCUT2D eigenvalue weighted by Crippen LogP contribution is 2.23. The highest BCUT2D eigenvalue weighted by molar-refractivity contribution is 5.14. The Hall–Kier alpha value is -0.900. The number of ether oxygens (including phenoxy) is 1. The van der Waals surface area contributed by atoms with E-state index in [2.05, 4.69) is 54.4 Å². The van der Waals surface area contributed by atoms with Gasteiger partial charge in [-0.05, 0) is 25.8 Å². The minimum atomic E-state index is 0.108. The second-order valence-corrected chi connectivity index (χ2v) is 6.49.